The van der Waals surface area contributed by atoms with Crippen LogP contribution in [0.2, 0.25) is 0 Å². The van der Waals surface area contributed by atoms with Crippen LogP contribution in [0.4, 0.5) is 0 Å². The van der Waals surface area contributed by atoms with E-state index < -0.39 is 0 Å². The summed E-state index contributed by atoms with van der Waals surface area (Å²) in [6.07, 6.45) is 15.6. The summed E-state index contributed by atoms with van der Waals surface area (Å²) in [4.78, 5) is 12.6. The van der Waals surface area contributed by atoms with Crippen LogP contribution in [0.3, 0.4) is 0 Å². The molecule has 0 aromatic heterocycles. The quantitative estimate of drug-likeness (QED) is 0.616. The van der Waals surface area contributed by atoms with E-state index in [0.717, 1.165) is 6.42 Å². The van der Waals surface area contributed by atoms with E-state index in [4.69, 9.17) is 4.74 Å². The van der Waals surface area contributed by atoms with Gasteiger partial charge in [0.2, 0.25) is 0 Å². The molecule has 4 rings (SSSR count). The Hall–Kier alpha value is -2.35. The van der Waals surface area contributed by atoms with Crippen LogP contribution in [0.5, 0.6) is 0 Å². The number of allylic oxidation sites excluding steroid dienone is 6. The van der Waals surface area contributed by atoms with Crippen LogP contribution in [0.1, 0.15) is 17.9 Å². The summed E-state index contributed by atoms with van der Waals surface area (Å²) in [5.41, 5.74) is 0.986. The lowest BCUT2D eigenvalue weighted by atomic mass is 9.75. The fourth-order valence-corrected chi connectivity index (χ4v) is 4.48. The Labute approximate surface area is 136 Å². The summed E-state index contributed by atoms with van der Waals surface area (Å²) in [5, 5.41) is 0. The molecule has 4 atom stereocenters. The van der Waals surface area contributed by atoms with Crippen LogP contribution in [0, 0.1) is 16.7 Å². The Morgan fingerprint density at radius 1 is 1.22 bits per heavy atom. The predicted molar refractivity (Wildman–Crippen MR) is 90.7 cm³/mol. The molecule has 0 bridgehead atoms. The zero-order chi connectivity index (χ0) is 15.9. The number of esters is 1. The standard InChI is InChI=1S/C21H20O2/c1-2-14-23-19(22)18-20-11-6-7-12-21(18,20)15-17(10-13-20)16-8-4-3-5-9-16/h2-13,17-18H,1,14-15H2/t17-,18?,20?,21?/m1/s1. The molecule has 1 aromatic carbocycles. The highest BCUT2D eigenvalue weighted by molar-refractivity contribution is 5.83. The molecule has 3 aliphatic carbocycles. The SMILES string of the molecule is C=CCOC(=O)C1C23C=CC=CC12C[C@H](c1ccccc1)C=C3. The Bertz CT molecular complexity index is 727. The van der Waals surface area contributed by atoms with Gasteiger partial charge in [0.05, 0.1) is 5.92 Å². The second-order valence-corrected chi connectivity index (χ2v) is 6.62. The van der Waals surface area contributed by atoms with Crippen molar-refractivity contribution >= 4 is 5.97 Å². The number of carbonyl (C=O) groups is 1. The number of carbonyl (C=O) groups excluding carboxylic acids is 1. The van der Waals surface area contributed by atoms with Crippen molar-refractivity contribution in [3.05, 3.63) is 85.0 Å². The zero-order valence-corrected chi connectivity index (χ0v) is 13.0. The van der Waals surface area contributed by atoms with Crippen molar-refractivity contribution in [2.24, 2.45) is 16.7 Å². The summed E-state index contributed by atoms with van der Waals surface area (Å²) < 4.78 is 5.37. The molecule has 0 spiro atoms. The van der Waals surface area contributed by atoms with Crippen LogP contribution < -0.4 is 0 Å². The maximum Gasteiger partial charge on any atom is 0.311 e. The number of ether oxygens (including phenoxy) is 1. The smallest absolute Gasteiger partial charge is 0.311 e. The first-order valence-corrected chi connectivity index (χ1v) is 8.12. The lowest BCUT2D eigenvalue weighted by molar-refractivity contribution is -0.145. The topological polar surface area (TPSA) is 26.3 Å². The molecule has 0 saturated heterocycles. The Morgan fingerprint density at radius 3 is 2.78 bits per heavy atom. The third-order valence-corrected chi connectivity index (χ3v) is 5.56. The monoisotopic (exact) mass is 304 g/mol. The Morgan fingerprint density at radius 2 is 2.00 bits per heavy atom. The molecule has 0 radical (unpaired) electrons. The summed E-state index contributed by atoms with van der Waals surface area (Å²) in [6.45, 7) is 3.90. The minimum atomic E-state index is -0.189. The minimum absolute atomic E-state index is 0.112. The highest BCUT2D eigenvalue weighted by Crippen LogP contribution is 2.78. The van der Waals surface area contributed by atoms with Crippen molar-refractivity contribution in [2.45, 2.75) is 12.3 Å². The van der Waals surface area contributed by atoms with E-state index in [-0.39, 0.29) is 29.3 Å². The Kier molecular flexibility index (Phi) is 3.15. The highest BCUT2D eigenvalue weighted by Gasteiger charge is 2.77. The molecule has 1 aromatic rings. The van der Waals surface area contributed by atoms with E-state index in [0.29, 0.717) is 5.92 Å². The van der Waals surface area contributed by atoms with Crippen molar-refractivity contribution in [3.63, 3.8) is 0 Å². The molecule has 3 unspecified atom stereocenters. The van der Waals surface area contributed by atoms with Gasteiger partial charge in [-0.3, -0.25) is 4.79 Å². The third-order valence-electron chi connectivity index (χ3n) is 5.56. The molecule has 0 heterocycles. The molecule has 2 heteroatoms. The molecular formula is C21H20O2. The van der Waals surface area contributed by atoms with Gasteiger partial charge in [0.25, 0.3) is 0 Å². The van der Waals surface area contributed by atoms with Gasteiger partial charge in [0.15, 0.2) is 0 Å². The van der Waals surface area contributed by atoms with E-state index in [2.05, 4.69) is 61.2 Å². The molecule has 0 amide bonds. The van der Waals surface area contributed by atoms with Gasteiger partial charge in [0.1, 0.15) is 6.61 Å². The highest BCUT2D eigenvalue weighted by atomic mass is 16.5. The molecule has 1 fully saturated rings. The normalized spacial score (nSPS) is 36.0. The van der Waals surface area contributed by atoms with Crippen molar-refractivity contribution < 1.29 is 9.53 Å². The van der Waals surface area contributed by atoms with E-state index >= 15 is 0 Å². The van der Waals surface area contributed by atoms with Crippen LogP contribution in [-0.2, 0) is 9.53 Å². The lowest BCUT2D eigenvalue weighted by Gasteiger charge is -2.28. The molecule has 0 aliphatic heterocycles. The zero-order valence-electron chi connectivity index (χ0n) is 13.0. The minimum Gasteiger partial charge on any atom is -0.461 e. The largest absolute Gasteiger partial charge is 0.461 e. The van der Waals surface area contributed by atoms with Crippen molar-refractivity contribution in [1.29, 1.82) is 0 Å². The van der Waals surface area contributed by atoms with Gasteiger partial charge in [-0.1, -0.05) is 79.4 Å². The van der Waals surface area contributed by atoms with Gasteiger partial charge >= 0.3 is 5.97 Å². The van der Waals surface area contributed by atoms with Crippen LogP contribution >= 0.6 is 0 Å². The van der Waals surface area contributed by atoms with Crippen LogP contribution in [0.25, 0.3) is 0 Å². The number of hydrogen-bond acceptors (Lipinski definition) is 2. The van der Waals surface area contributed by atoms with Crippen LogP contribution in [0.15, 0.2) is 79.4 Å². The summed E-state index contributed by atoms with van der Waals surface area (Å²) in [5.74, 6) is 0.118. The summed E-state index contributed by atoms with van der Waals surface area (Å²) in [6, 6.07) is 10.5. The van der Waals surface area contributed by atoms with Gasteiger partial charge in [-0.2, -0.15) is 0 Å². The van der Waals surface area contributed by atoms with E-state index in [9.17, 15) is 4.79 Å². The van der Waals surface area contributed by atoms with Crippen molar-refractivity contribution in [2.75, 3.05) is 6.61 Å². The van der Waals surface area contributed by atoms with Crippen molar-refractivity contribution in [3.8, 4) is 0 Å². The van der Waals surface area contributed by atoms with Gasteiger partial charge in [-0.25, -0.2) is 0 Å². The molecule has 2 nitrogen and oxygen atoms in total. The number of benzene rings is 1. The molecule has 116 valence electrons. The second-order valence-electron chi connectivity index (χ2n) is 6.62. The average Bonchev–Trinajstić information content (AvgIpc) is 3.23. The van der Waals surface area contributed by atoms with Gasteiger partial charge in [-0.15, -0.1) is 0 Å². The first-order chi connectivity index (χ1) is 11.2. The maximum atomic E-state index is 12.6. The Balaban J connectivity index is 1.67. The van der Waals surface area contributed by atoms with Gasteiger partial charge in [0, 0.05) is 16.7 Å². The first-order valence-electron chi connectivity index (χ1n) is 8.12. The predicted octanol–water partition coefficient (Wildman–Crippen LogP) is 4.19. The van der Waals surface area contributed by atoms with E-state index in [1.165, 1.54) is 5.56 Å². The third kappa shape index (κ3) is 1.91. The second kappa shape index (κ2) is 5.09. The molecule has 23 heavy (non-hydrogen) atoms. The number of hydrogen-bond donors (Lipinski definition) is 0. The molecule has 3 aliphatic rings. The first kappa shape index (κ1) is 14.3. The summed E-state index contributed by atoms with van der Waals surface area (Å²) >= 11 is 0. The lowest BCUT2D eigenvalue weighted by Crippen LogP contribution is -2.18. The molecular weight excluding hydrogens is 284 g/mol. The maximum absolute atomic E-state index is 12.6. The fourth-order valence-electron chi connectivity index (χ4n) is 4.48. The fraction of sp³-hybridized carbons (Fsp3) is 0.286. The van der Waals surface area contributed by atoms with E-state index in [1.807, 2.05) is 12.1 Å². The average molecular weight is 304 g/mol. The van der Waals surface area contributed by atoms with Gasteiger partial charge < -0.3 is 4.74 Å². The molecule has 1 saturated carbocycles. The van der Waals surface area contributed by atoms with E-state index in [1.54, 1.807) is 6.08 Å². The molecule has 0 N–H and O–H groups in total. The van der Waals surface area contributed by atoms with Crippen molar-refractivity contribution in [1.82, 2.24) is 0 Å². The van der Waals surface area contributed by atoms with Gasteiger partial charge in [-0.05, 0) is 12.0 Å². The van der Waals surface area contributed by atoms with Crippen LogP contribution in [-0.4, -0.2) is 12.6 Å². The number of rotatable bonds is 4. The summed E-state index contributed by atoms with van der Waals surface area (Å²) in [7, 11) is 0.